The molecule has 100 valence electrons. The molecule has 0 saturated heterocycles. The van der Waals surface area contributed by atoms with E-state index in [4.69, 9.17) is 0 Å². The highest BCUT2D eigenvalue weighted by molar-refractivity contribution is 9.11. The standard InChI is InChI=1S/C11H7Br2F2N3S/c1-5-4-19-11(17-5)18-16-3-6-7(12)2-8(14)9(13)10(6)15/h2-4H,1H3,(H,17,18). The second-order valence-corrected chi connectivity index (χ2v) is 6.05. The van der Waals surface area contributed by atoms with Crippen LogP contribution in [0.2, 0.25) is 0 Å². The van der Waals surface area contributed by atoms with Crippen LogP contribution in [0.15, 0.2) is 25.5 Å². The van der Waals surface area contributed by atoms with E-state index in [9.17, 15) is 8.78 Å². The van der Waals surface area contributed by atoms with Gasteiger partial charge in [0.2, 0.25) is 5.13 Å². The molecule has 0 aliphatic rings. The van der Waals surface area contributed by atoms with Crippen molar-refractivity contribution in [1.29, 1.82) is 0 Å². The average Bonchev–Trinajstić information content (AvgIpc) is 2.77. The molecule has 2 aromatic rings. The van der Waals surface area contributed by atoms with Gasteiger partial charge in [-0.25, -0.2) is 13.8 Å². The maximum absolute atomic E-state index is 13.8. The summed E-state index contributed by atoms with van der Waals surface area (Å²) in [5.41, 5.74) is 3.70. The number of hydrogen-bond donors (Lipinski definition) is 1. The lowest BCUT2D eigenvalue weighted by atomic mass is 10.2. The molecular formula is C11H7Br2F2N3S. The van der Waals surface area contributed by atoms with Crippen molar-refractivity contribution in [3.8, 4) is 0 Å². The molecular weight excluding hydrogens is 404 g/mol. The Labute approximate surface area is 129 Å². The van der Waals surface area contributed by atoms with E-state index < -0.39 is 11.6 Å². The predicted molar refractivity (Wildman–Crippen MR) is 79.8 cm³/mol. The topological polar surface area (TPSA) is 37.3 Å². The van der Waals surface area contributed by atoms with E-state index in [-0.39, 0.29) is 14.5 Å². The minimum absolute atomic E-state index is 0.147. The van der Waals surface area contributed by atoms with Gasteiger partial charge in [0.1, 0.15) is 11.6 Å². The summed E-state index contributed by atoms with van der Waals surface area (Å²) in [4.78, 5) is 4.14. The molecule has 1 heterocycles. The van der Waals surface area contributed by atoms with Crippen LogP contribution in [0.1, 0.15) is 11.3 Å². The third kappa shape index (κ3) is 3.37. The summed E-state index contributed by atoms with van der Waals surface area (Å²) in [6.45, 7) is 1.86. The van der Waals surface area contributed by atoms with Gasteiger partial charge < -0.3 is 0 Å². The highest BCUT2D eigenvalue weighted by Crippen LogP contribution is 2.28. The van der Waals surface area contributed by atoms with Gasteiger partial charge in [0.15, 0.2) is 0 Å². The highest BCUT2D eigenvalue weighted by atomic mass is 79.9. The van der Waals surface area contributed by atoms with Crippen molar-refractivity contribution >= 4 is 54.5 Å². The van der Waals surface area contributed by atoms with Crippen LogP contribution in [0, 0.1) is 18.6 Å². The number of hydrogen-bond acceptors (Lipinski definition) is 4. The van der Waals surface area contributed by atoms with Crippen molar-refractivity contribution in [2.75, 3.05) is 5.43 Å². The number of aryl methyl sites for hydroxylation is 1. The number of anilines is 1. The second kappa shape index (κ2) is 6.06. The number of benzene rings is 1. The first-order valence-corrected chi connectivity index (χ1v) is 7.50. The molecule has 0 radical (unpaired) electrons. The van der Waals surface area contributed by atoms with Gasteiger partial charge in [-0.1, -0.05) is 0 Å². The minimum Gasteiger partial charge on any atom is -0.253 e. The largest absolute Gasteiger partial charge is 0.253 e. The van der Waals surface area contributed by atoms with Crippen LogP contribution in [0.4, 0.5) is 13.9 Å². The van der Waals surface area contributed by atoms with E-state index in [2.05, 4.69) is 47.4 Å². The van der Waals surface area contributed by atoms with Crippen molar-refractivity contribution in [1.82, 2.24) is 4.98 Å². The molecule has 2 rings (SSSR count). The summed E-state index contributed by atoms with van der Waals surface area (Å²) in [7, 11) is 0. The van der Waals surface area contributed by atoms with Gasteiger partial charge in [0.25, 0.3) is 0 Å². The Morgan fingerprint density at radius 1 is 1.42 bits per heavy atom. The number of nitrogens with one attached hydrogen (secondary N) is 1. The zero-order valence-corrected chi connectivity index (χ0v) is 13.5. The Morgan fingerprint density at radius 2 is 2.16 bits per heavy atom. The van der Waals surface area contributed by atoms with Gasteiger partial charge >= 0.3 is 0 Å². The van der Waals surface area contributed by atoms with Crippen LogP contribution in [0.25, 0.3) is 0 Å². The van der Waals surface area contributed by atoms with Gasteiger partial charge in [-0.3, -0.25) is 5.43 Å². The Balaban J connectivity index is 2.21. The fraction of sp³-hybridized carbons (Fsp3) is 0.0909. The Hall–Kier alpha value is -0.860. The molecule has 19 heavy (non-hydrogen) atoms. The zero-order chi connectivity index (χ0) is 14.0. The molecule has 0 aliphatic heterocycles. The smallest absolute Gasteiger partial charge is 0.203 e. The lowest BCUT2D eigenvalue weighted by Gasteiger charge is -2.04. The van der Waals surface area contributed by atoms with Crippen molar-refractivity contribution in [2.45, 2.75) is 6.92 Å². The summed E-state index contributed by atoms with van der Waals surface area (Å²) in [6, 6.07) is 1.17. The van der Waals surface area contributed by atoms with Gasteiger partial charge in [-0.2, -0.15) is 5.10 Å². The predicted octanol–water partition coefficient (Wildman–Crippen LogP) is 4.70. The number of aromatic nitrogens is 1. The number of hydrazone groups is 1. The summed E-state index contributed by atoms with van der Waals surface area (Å²) in [6.07, 6.45) is 1.26. The summed E-state index contributed by atoms with van der Waals surface area (Å²) >= 11 is 7.32. The first-order valence-electron chi connectivity index (χ1n) is 5.03. The summed E-state index contributed by atoms with van der Waals surface area (Å²) in [5, 5.41) is 6.34. The van der Waals surface area contributed by atoms with Crippen LogP contribution in [0.3, 0.4) is 0 Å². The molecule has 0 aliphatic carbocycles. The molecule has 8 heteroatoms. The average molecular weight is 411 g/mol. The van der Waals surface area contributed by atoms with Crippen LogP contribution in [-0.4, -0.2) is 11.2 Å². The highest BCUT2D eigenvalue weighted by Gasteiger charge is 2.14. The molecule has 0 spiro atoms. The summed E-state index contributed by atoms with van der Waals surface area (Å²) in [5.74, 6) is -1.39. The van der Waals surface area contributed by atoms with Crippen LogP contribution < -0.4 is 5.43 Å². The van der Waals surface area contributed by atoms with E-state index in [0.29, 0.717) is 5.13 Å². The molecule has 0 atom stereocenters. The van der Waals surface area contributed by atoms with Gasteiger partial charge in [-0.05, 0) is 44.8 Å². The van der Waals surface area contributed by atoms with Crippen molar-refractivity contribution < 1.29 is 8.78 Å². The number of nitrogens with zero attached hydrogens (tertiary/aromatic N) is 2. The number of rotatable bonds is 3. The fourth-order valence-electron chi connectivity index (χ4n) is 1.26. The van der Waals surface area contributed by atoms with E-state index >= 15 is 0 Å². The monoisotopic (exact) mass is 409 g/mol. The molecule has 0 saturated carbocycles. The van der Waals surface area contributed by atoms with E-state index in [1.807, 2.05) is 12.3 Å². The van der Waals surface area contributed by atoms with Crippen LogP contribution >= 0.6 is 43.2 Å². The minimum atomic E-state index is -0.715. The maximum Gasteiger partial charge on any atom is 0.203 e. The maximum atomic E-state index is 13.8. The SMILES string of the molecule is Cc1csc(NN=Cc2c(Br)cc(F)c(Br)c2F)n1. The lowest BCUT2D eigenvalue weighted by molar-refractivity contribution is 0.569. The fourth-order valence-corrected chi connectivity index (χ4v) is 2.70. The molecule has 3 nitrogen and oxygen atoms in total. The van der Waals surface area contributed by atoms with Gasteiger partial charge in [-0.15, -0.1) is 11.3 Å². The van der Waals surface area contributed by atoms with Crippen LogP contribution in [0.5, 0.6) is 0 Å². The molecule has 0 fully saturated rings. The molecule has 1 aromatic carbocycles. The normalized spacial score (nSPS) is 11.2. The first kappa shape index (κ1) is 14.5. The summed E-state index contributed by atoms with van der Waals surface area (Å²) < 4.78 is 27.1. The first-order chi connectivity index (χ1) is 8.99. The number of halogens is 4. The second-order valence-electron chi connectivity index (χ2n) is 3.55. The lowest BCUT2D eigenvalue weighted by Crippen LogP contribution is -1.97. The Morgan fingerprint density at radius 3 is 2.79 bits per heavy atom. The van der Waals surface area contributed by atoms with Crippen molar-refractivity contribution in [3.05, 3.63) is 43.3 Å². The third-order valence-electron chi connectivity index (χ3n) is 2.12. The van der Waals surface area contributed by atoms with Crippen molar-refractivity contribution in [2.24, 2.45) is 5.10 Å². The molecule has 1 N–H and O–H groups in total. The molecule has 1 aromatic heterocycles. The molecule has 0 amide bonds. The van der Waals surface area contributed by atoms with Crippen LogP contribution in [-0.2, 0) is 0 Å². The van der Waals surface area contributed by atoms with E-state index in [1.165, 1.54) is 23.6 Å². The molecule has 0 bridgehead atoms. The van der Waals surface area contributed by atoms with E-state index in [1.54, 1.807) is 0 Å². The van der Waals surface area contributed by atoms with Gasteiger partial charge in [0, 0.05) is 15.4 Å². The van der Waals surface area contributed by atoms with Gasteiger partial charge in [0.05, 0.1) is 16.4 Å². The van der Waals surface area contributed by atoms with E-state index in [0.717, 1.165) is 5.69 Å². The Kier molecular flexibility index (Phi) is 4.64. The zero-order valence-electron chi connectivity index (χ0n) is 9.55. The number of thiazole rings is 1. The quantitative estimate of drug-likeness (QED) is 0.344. The molecule has 0 unspecified atom stereocenters. The van der Waals surface area contributed by atoms with Crippen molar-refractivity contribution in [3.63, 3.8) is 0 Å². The Bertz CT molecular complexity index is 643. The third-order valence-corrected chi connectivity index (χ3v) is 4.37.